The monoisotopic (exact) mass is 281 g/mol. The van der Waals surface area contributed by atoms with Crippen LogP contribution in [0.3, 0.4) is 0 Å². The Labute approximate surface area is 119 Å². The molecule has 1 fully saturated rings. The van der Waals surface area contributed by atoms with Crippen LogP contribution in [0.5, 0.6) is 0 Å². The predicted octanol–water partition coefficient (Wildman–Crippen LogP) is 2.89. The fourth-order valence-electron chi connectivity index (χ4n) is 2.74. The second kappa shape index (κ2) is 5.78. The summed E-state index contributed by atoms with van der Waals surface area (Å²) in [4.78, 5) is 18.6. The minimum Gasteiger partial charge on any atom is -0.373 e. The molecule has 4 nitrogen and oxygen atoms in total. The molecule has 1 aromatic heterocycles. The maximum atomic E-state index is 12.6. The standard InChI is InChI=1S/C14H20ClN3O/c1-9-4-10(2)8-18(7-9)14(19)11-5-13(16-3)17-6-12(11)15/h5-6,9-10H,4,7-8H2,1-3H3,(H,16,17). The van der Waals surface area contributed by atoms with Gasteiger partial charge in [0, 0.05) is 26.3 Å². The fourth-order valence-corrected chi connectivity index (χ4v) is 2.92. The number of carbonyl (C=O) groups is 1. The second-order valence-electron chi connectivity index (χ2n) is 5.46. The average molecular weight is 282 g/mol. The highest BCUT2D eigenvalue weighted by atomic mass is 35.5. The number of rotatable bonds is 2. The van der Waals surface area contributed by atoms with E-state index in [9.17, 15) is 4.79 Å². The van der Waals surface area contributed by atoms with Crippen LogP contribution in [0.25, 0.3) is 0 Å². The molecular weight excluding hydrogens is 262 g/mol. The van der Waals surface area contributed by atoms with Crippen molar-refractivity contribution in [1.82, 2.24) is 9.88 Å². The maximum Gasteiger partial charge on any atom is 0.255 e. The lowest BCUT2D eigenvalue weighted by atomic mass is 9.91. The van der Waals surface area contributed by atoms with Crippen LogP contribution in [0.15, 0.2) is 12.3 Å². The van der Waals surface area contributed by atoms with Gasteiger partial charge in [-0.3, -0.25) is 4.79 Å². The molecule has 104 valence electrons. The van der Waals surface area contributed by atoms with E-state index in [2.05, 4.69) is 24.1 Å². The molecule has 2 atom stereocenters. The maximum absolute atomic E-state index is 12.6. The summed E-state index contributed by atoms with van der Waals surface area (Å²) in [5.41, 5.74) is 0.530. The van der Waals surface area contributed by atoms with Crippen LogP contribution in [0, 0.1) is 11.8 Å². The number of nitrogens with zero attached hydrogens (tertiary/aromatic N) is 2. The van der Waals surface area contributed by atoms with Crippen molar-refractivity contribution in [1.29, 1.82) is 0 Å². The van der Waals surface area contributed by atoms with Gasteiger partial charge in [0.15, 0.2) is 0 Å². The summed E-state index contributed by atoms with van der Waals surface area (Å²) in [5, 5.41) is 3.34. The Bertz CT molecular complexity index is 468. The van der Waals surface area contributed by atoms with E-state index < -0.39 is 0 Å². The molecule has 0 aromatic carbocycles. The third kappa shape index (κ3) is 3.18. The van der Waals surface area contributed by atoms with E-state index in [-0.39, 0.29) is 5.91 Å². The number of amides is 1. The van der Waals surface area contributed by atoms with E-state index in [1.54, 1.807) is 13.1 Å². The lowest BCUT2D eigenvalue weighted by Gasteiger charge is -2.35. The van der Waals surface area contributed by atoms with Crippen molar-refractivity contribution >= 4 is 23.3 Å². The van der Waals surface area contributed by atoms with E-state index in [0.29, 0.717) is 28.2 Å². The van der Waals surface area contributed by atoms with Crippen molar-refractivity contribution in [2.24, 2.45) is 11.8 Å². The summed E-state index contributed by atoms with van der Waals surface area (Å²) >= 11 is 6.10. The molecule has 2 heterocycles. The lowest BCUT2D eigenvalue weighted by Crippen LogP contribution is -2.42. The third-order valence-electron chi connectivity index (χ3n) is 3.50. The Hall–Kier alpha value is -1.29. The highest BCUT2D eigenvalue weighted by Gasteiger charge is 2.27. The average Bonchev–Trinajstić information content (AvgIpc) is 2.37. The van der Waals surface area contributed by atoms with Crippen molar-refractivity contribution in [3.05, 3.63) is 22.8 Å². The van der Waals surface area contributed by atoms with Crippen LogP contribution in [-0.2, 0) is 0 Å². The number of halogens is 1. The molecular formula is C14H20ClN3O. The SMILES string of the molecule is CNc1cc(C(=O)N2CC(C)CC(C)C2)c(Cl)cn1. The van der Waals surface area contributed by atoms with Crippen molar-refractivity contribution in [2.75, 3.05) is 25.5 Å². The summed E-state index contributed by atoms with van der Waals surface area (Å²) < 4.78 is 0. The zero-order valence-electron chi connectivity index (χ0n) is 11.6. The summed E-state index contributed by atoms with van der Waals surface area (Å²) in [6.45, 7) is 5.97. The van der Waals surface area contributed by atoms with Gasteiger partial charge in [-0.15, -0.1) is 0 Å². The van der Waals surface area contributed by atoms with E-state index in [4.69, 9.17) is 11.6 Å². The van der Waals surface area contributed by atoms with Crippen molar-refractivity contribution in [3.8, 4) is 0 Å². The number of aromatic nitrogens is 1. The van der Waals surface area contributed by atoms with Crippen LogP contribution >= 0.6 is 11.6 Å². The Balaban J connectivity index is 2.23. The predicted molar refractivity (Wildman–Crippen MR) is 77.6 cm³/mol. The number of hydrogen-bond donors (Lipinski definition) is 1. The molecule has 0 saturated carbocycles. The molecule has 1 amide bonds. The Morgan fingerprint density at radius 3 is 2.63 bits per heavy atom. The summed E-state index contributed by atoms with van der Waals surface area (Å²) in [5.74, 6) is 1.74. The van der Waals surface area contributed by atoms with Gasteiger partial charge in [-0.1, -0.05) is 25.4 Å². The minimum absolute atomic E-state index is 0.00213. The van der Waals surface area contributed by atoms with Gasteiger partial charge in [-0.25, -0.2) is 4.98 Å². The number of nitrogens with one attached hydrogen (secondary N) is 1. The number of likely N-dealkylation sites (tertiary alicyclic amines) is 1. The Morgan fingerprint density at radius 1 is 1.42 bits per heavy atom. The Kier molecular flexibility index (Phi) is 4.30. The normalized spacial score (nSPS) is 23.3. The van der Waals surface area contributed by atoms with Gasteiger partial charge < -0.3 is 10.2 Å². The molecule has 19 heavy (non-hydrogen) atoms. The van der Waals surface area contributed by atoms with Gasteiger partial charge in [0.25, 0.3) is 5.91 Å². The van der Waals surface area contributed by atoms with Gasteiger partial charge >= 0.3 is 0 Å². The molecule has 0 bridgehead atoms. The number of pyridine rings is 1. The van der Waals surface area contributed by atoms with Crippen molar-refractivity contribution < 1.29 is 4.79 Å². The quantitative estimate of drug-likeness (QED) is 0.907. The van der Waals surface area contributed by atoms with Crippen LogP contribution in [0.4, 0.5) is 5.82 Å². The van der Waals surface area contributed by atoms with Crippen molar-refractivity contribution in [3.63, 3.8) is 0 Å². The first-order valence-corrected chi connectivity index (χ1v) is 7.01. The molecule has 2 unspecified atom stereocenters. The highest BCUT2D eigenvalue weighted by Crippen LogP contribution is 2.25. The number of hydrogen-bond acceptors (Lipinski definition) is 3. The smallest absolute Gasteiger partial charge is 0.255 e. The molecule has 1 aliphatic heterocycles. The zero-order valence-corrected chi connectivity index (χ0v) is 12.4. The first kappa shape index (κ1) is 14.1. The molecule has 1 aromatic rings. The van der Waals surface area contributed by atoms with Gasteiger partial charge in [0.05, 0.1) is 10.6 Å². The summed E-state index contributed by atoms with van der Waals surface area (Å²) in [6, 6.07) is 1.72. The third-order valence-corrected chi connectivity index (χ3v) is 3.80. The largest absolute Gasteiger partial charge is 0.373 e. The first-order valence-electron chi connectivity index (χ1n) is 6.63. The van der Waals surface area contributed by atoms with Gasteiger partial charge in [0.2, 0.25) is 0 Å². The number of piperidine rings is 1. The summed E-state index contributed by atoms with van der Waals surface area (Å²) in [7, 11) is 1.77. The highest BCUT2D eigenvalue weighted by molar-refractivity contribution is 6.33. The lowest BCUT2D eigenvalue weighted by molar-refractivity contribution is 0.0623. The van der Waals surface area contributed by atoms with E-state index in [1.807, 2.05) is 4.90 Å². The molecule has 2 rings (SSSR count). The molecule has 5 heteroatoms. The van der Waals surface area contributed by atoms with Crippen LogP contribution in [0.2, 0.25) is 5.02 Å². The van der Waals surface area contributed by atoms with Gasteiger partial charge in [-0.05, 0) is 24.3 Å². The Morgan fingerprint density at radius 2 is 2.05 bits per heavy atom. The van der Waals surface area contributed by atoms with Crippen molar-refractivity contribution in [2.45, 2.75) is 20.3 Å². The van der Waals surface area contributed by atoms with Gasteiger partial charge in [0.1, 0.15) is 5.82 Å². The molecule has 1 aliphatic rings. The molecule has 1 N–H and O–H groups in total. The fraction of sp³-hybridized carbons (Fsp3) is 0.571. The van der Waals surface area contributed by atoms with E-state index in [0.717, 1.165) is 13.1 Å². The number of carbonyl (C=O) groups excluding carboxylic acids is 1. The van der Waals surface area contributed by atoms with E-state index >= 15 is 0 Å². The minimum atomic E-state index is 0.00213. The molecule has 1 saturated heterocycles. The number of anilines is 1. The molecule has 0 spiro atoms. The molecule has 0 radical (unpaired) electrons. The summed E-state index contributed by atoms with van der Waals surface area (Å²) in [6.07, 6.45) is 2.70. The van der Waals surface area contributed by atoms with Crippen LogP contribution in [0.1, 0.15) is 30.6 Å². The topological polar surface area (TPSA) is 45.2 Å². The molecule has 0 aliphatic carbocycles. The van der Waals surface area contributed by atoms with Crippen LogP contribution < -0.4 is 5.32 Å². The van der Waals surface area contributed by atoms with Crippen LogP contribution in [-0.4, -0.2) is 35.9 Å². The first-order chi connectivity index (χ1) is 9.01. The second-order valence-corrected chi connectivity index (χ2v) is 5.86. The van der Waals surface area contributed by atoms with Gasteiger partial charge in [-0.2, -0.15) is 0 Å². The zero-order chi connectivity index (χ0) is 14.0. The van der Waals surface area contributed by atoms with E-state index in [1.165, 1.54) is 12.6 Å².